The van der Waals surface area contributed by atoms with Gasteiger partial charge in [-0.05, 0) is 13.0 Å². The van der Waals surface area contributed by atoms with Crippen LogP contribution in [0.25, 0.3) is 0 Å². The summed E-state index contributed by atoms with van der Waals surface area (Å²) in [5.74, 6) is 3.54. The third kappa shape index (κ3) is 11.3. The van der Waals surface area contributed by atoms with Crippen molar-refractivity contribution in [2.24, 2.45) is 0 Å². The normalized spacial score (nSPS) is 9.46. The summed E-state index contributed by atoms with van der Waals surface area (Å²) in [7, 11) is 0. The molecule has 0 aromatic rings. The maximum atomic E-state index is 10.1. The van der Waals surface area contributed by atoms with Gasteiger partial charge in [-0.3, -0.25) is 4.79 Å². The van der Waals surface area contributed by atoms with Crippen molar-refractivity contribution in [1.82, 2.24) is 5.32 Å². The first kappa shape index (κ1) is 12.3. The van der Waals surface area contributed by atoms with Crippen LogP contribution in [0.1, 0.15) is 12.8 Å². The van der Waals surface area contributed by atoms with E-state index in [1.807, 2.05) is 0 Å². The minimum absolute atomic E-state index is 0.241. The van der Waals surface area contributed by atoms with Crippen molar-refractivity contribution in [3.63, 3.8) is 0 Å². The molecule has 0 heterocycles. The van der Waals surface area contributed by atoms with Crippen LogP contribution < -0.4 is 5.32 Å². The Morgan fingerprint density at radius 1 is 1.54 bits per heavy atom. The van der Waals surface area contributed by atoms with Crippen LogP contribution in [0.4, 0.5) is 0 Å². The van der Waals surface area contributed by atoms with Crippen molar-refractivity contribution >= 4 is 17.7 Å². The molecule has 0 aliphatic heterocycles. The molecule has 13 heavy (non-hydrogen) atoms. The predicted octanol–water partition coefficient (Wildman–Crippen LogP) is 0.807. The maximum Gasteiger partial charge on any atom is 0.303 e. The van der Waals surface area contributed by atoms with Crippen LogP contribution in [-0.2, 0) is 4.79 Å². The number of nitrogens with one attached hydrogen (secondary N) is 1. The molecule has 3 nitrogen and oxygen atoms in total. The average molecular weight is 201 g/mol. The molecule has 0 aromatic heterocycles. The minimum atomic E-state index is -0.733. The van der Waals surface area contributed by atoms with E-state index in [1.54, 1.807) is 11.8 Å². The molecule has 0 saturated heterocycles. The Hall–Kier alpha value is -0.660. The number of carboxylic acids is 1. The summed E-state index contributed by atoms with van der Waals surface area (Å²) in [6.45, 7) is 1.66. The SMILES string of the molecule is C#CCSCCNCCCC(=O)O. The van der Waals surface area contributed by atoms with Crippen molar-refractivity contribution in [2.75, 3.05) is 24.6 Å². The van der Waals surface area contributed by atoms with E-state index >= 15 is 0 Å². The lowest BCUT2D eigenvalue weighted by Gasteiger charge is -2.01. The molecule has 0 aliphatic carbocycles. The smallest absolute Gasteiger partial charge is 0.303 e. The molecular weight excluding hydrogens is 186 g/mol. The summed E-state index contributed by atoms with van der Waals surface area (Å²) in [6.07, 6.45) is 6.00. The molecule has 0 unspecified atom stereocenters. The van der Waals surface area contributed by atoms with Crippen LogP contribution in [0.2, 0.25) is 0 Å². The Bertz CT molecular complexity index is 177. The maximum absolute atomic E-state index is 10.1. The first-order valence-corrected chi connectivity index (χ1v) is 5.36. The average Bonchev–Trinajstić information content (AvgIpc) is 2.09. The van der Waals surface area contributed by atoms with E-state index in [2.05, 4.69) is 11.2 Å². The van der Waals surface area contributed by atoms with Gasteiger partial charge in [-0.2, -0.15) is 0 Å². The number of terminal acetylenes is 1. The van der Waals surface area contributed by atoms with Crippen molar-refractivity contribution in [3.05, 3.63) is 0 Å². The molecule has 74 valence electrons. The van der Waals surface area contributed by atoms with Gasteiger partial charge in [0.15, 0.2) is 0 Å². The Labute approximate surface area is 83.3 Å². The van der Waals surface area contributed by atoms with E-state index in [9.17, 15) is 4.79 Å². The molecular formula is C9H15NO2S. The molecule has 0 aliphatic rings. The zero-order valence-electron chi connectivity index (χ0n) is 7.58. The van der Waals surface area contributed by atoms with Gasteiger partial charge in [-0.15, -0.1) is 18.2 Å². The summed E-state index contributed by atoms with van der Waals surface area (Å²) in [5, 5.41) is 11.5. The fourth-order valence-corrected chi connectivity index (χ4v) is 1.32. The van der Waals surface area contributed by atoms with Gasteiger partial charge < -0.3 is 10.4 Å². The molecule has 0 saturated carbocycles. The van der Waals surface area contributed by atoms with Crippen LogP contribution in [0.3, 0.4) is 0 Å². The predicted molar refractivity (Wildman–Crippen MR) is 55.9 cm³/mol. The Morgan fingerprint density at radius 3 is 2.92 bits per heavy atom. The van der Waals surface area contributed by atoms with Crippen molar-refractivity contribution in [1.29, 1.82) is 0 Å². The zero-order valence-corrected chi connectivity index (χ0v) is 8.40. The number of carbonyl (C=O) groups is 1. The summed E-state index contributed by atoms with van der Waals surface area (Å²) in [6, 6.07) is 0. The van der Waals surface area contributed by atoms with Gasteiger partial charge in [0.1, 0.15) is 0 Å². The third-order valence-corrected chi connectivity index (χ3v) is 2.22. The number of thioether (sulfide) groups is 1. The molecule has 0 aromatic carbocycles. The highest BCUT2D eigenvalue weighted by Gasteiger charge is 1.94. The van der Waals surface area contributed by atoms with E-state index in [4.69, 9.17) is 11.5 Å². The number of hydrogen-bond acceptors (Lipinski definition) is 3. The van der Waals surface area contributed by atoms with Crippen molar-refractivity contribution in [2.45, 2.75) is 12.8 Å². The monoisotopic (exact) mass is 201 g/mol. The first-order chi connectivity index (χ1) is 6.27. The van der Waals surface area contributed by atoms with Crippen molar-refractivity contribution in [3.8, 4) is 12.3 Å². The standard InChI is InChI=1S/C9H15NO2S/c1-2-7-13-8-6-10-5-3-4-9(11)12/h1,10H,3-8H2,(H,11,12). The third-order valence-electron chi connectivity index (χ3n) is 1.35. The van der Waals surface area contributed by atoms with E-state index < -0.39 is 5.97 Å². The molecule has 0 fully saturated rings. The van der Waals surface area contributed by atoms with E-state index in [0.29, 0.717) is 6.42 Å². The second-order valence-corrected chi connectivity index (χ2v) is 3.61. The molecule has 0 radical (unpaired) electrons. The van der Waals surface area contributed by atoms with Gasteiger partial charge in [-0.1, -0.05) is 5.92 Å². The van der Waals surface area contributed by atoms with Crippen LogP contribution in [0, 0.1) is 12.3 Å². The van der Waals surface area contributed by atoms with Crippen LogP contribution in [0.5, 0.6) is 0 Å². The highest BCUT2D eigenvalue weighted by Crippen LogP contribution is 1.95. The molecule has 4 heteroatoms. The Balaban J connectivity index is 2.92. The quantitative estimate of drug-likeness (QED) is 0.450. The van der Waals surface area contributed by atoms with Gasteiger partial charge in [0.25, 0.3) is 0 Å². The van der Waals surface area contributed by atoms with E-state index in [0.717, 1.165) is 24.6 Å². The lowest BCUT2D eigenvalue weighted by Crippen LogP contribution is -2.19. The fraction of sp³-hybridized carbons (Fsp3) is 0.667. The molecule has 0 bridgehead atoms. The lowest BCUT2D eigenvalue weighted by atomic mass is 10.3. The molecule has 2 N–H and O–H groups in total. The van der Waals surface area contributed by atoms with E-state index in [-0.39, 0.29) is 6.42 Å². The van der Waals surface area contributed by atoms with Gasteiger partial charge in [0.05, 0.1) is 5.75 Å². The number of rotatable bonds is 8. The van der Waals surface area contributed by atoms with Gasteiger partial charge in [-0.25, -0.2) is 0 Å². The van der Waals surface area contributed by atoms with Crippen molar-refractivity contribution < 1.29 is 9.90 Å². The number of carboxylic acid groups (broad SMARTS) is 1. The topological polar surface area (TPSA) is 49.3 Å². The second kappa shape index (κ2) is 9.43. The first-order valence-electron chi connectivity index (χ1n) is 4.21. The minimum Gasteiger partial charge on any atom is -0.481 e. The van der Waals surface area contributed by atoms with Gasteiger partial charge in [0.2, 0.25) is 0 Å². The number of hydrogen-bond donors (Lipinski definition) is 2. The molecule has 0 amide bonds. The molecule has 0 spiro atoms. The molecule has 0 rings (SSSR count). The molecule has 0 atom stereocenters. The highest BCUT2D eigenvalue weighted by atomic mass is 32.2. The summed E-state index contributed by atoms with van der Waals surface area (Å²) < 4.78 is 0. The van der Waals surface area contributed by atoms with E-state index in [1.165, 1.54) is 0 Å². The summed E-state index contributed by atoms with van der Waals surface area (Å²) in [5.41, 5.74) is 0. The Kier molecular flexibility index (Phi) is 8.95. The largest absolute Gasteiger partial charge is 0.481 e. The second-order valence-electron chi connectivity index (χ2n) is 2.50. The van der Waals surface area contributed by atoms with Crippen LogP contribution in [0.15, 0.2) is 0 Å². The summed E-state index contributed by atoms with van der Waals surface area (Å²) in [4.78, 5) is 10.1. The van der Waals surface area contributed by atoms with Gasteiger partial charge >= 0.3 is 5.97 Å². The van der Waals surface area contributed by atoms with Crippen LogP contribution >= 0.6 is 11.8 Å². The number of aliphatic carboxylic acids is 1. The highest BCUT2D eigenvalue weighted by molar-refractivity contribution is 7.99. The fourth-order valence-electron chi connectivity index (χ4n) is 0.765. The lowest BCUT2D eigenvalue weighted by molar-refractivity contribution is -0.137. The van der Waals surface area contributed by atoms with Gasteiger partial charge in [0, 0.05) is 18.7 Å². The van der Waals surface area contributed by atoms with Crippen LogP contribution in [-0.4, -0.2) is 35.7 Å². The Morgan fingerprint density at radius 2 is 2.31 bits per heavy atom. The zero-order chi connectivity index (χ0) is 9.94. The summed E-state index contributed by atoms with van der Waals surface area (Å²) >= 11 is 1.70.